The SMILES string of the molecule is [2H]c1c([2H])c([2H])c(N(c2ccc(-c3ccccc3)cc2)c2ccc3c(c2)c2cc(C4(c5ccccc5)c5ccccc5-c5ccccc54)ccc2n3-c2ccccc2)c([2H])c1[2H]. The van der Waals surface area contributed by atoms with Gasteiger partial charge in [0.2, 0.25) is 0 Å². The maximum Gasteiger partial charge on any atom is 0.0713 e. The highest BCUT2D eigenvalue weighted by atomic mass is 15.1. The third kappa shape index (κ3) is 5.18. The molecule has 1 heterocycles. The molecule has 11 rings (SSSR count). The Labute approximate surface area is 340 Å². The fraction of sp³-hybridized carbons (Fsp3) is 0.0182. The average Bonchev–Trinajstić information content (AvgIpc) is 3.82. The Bertz CT molecular complexity index is 3270. The molecule has 0 unspecified atom stereocenters. The molecule has 0 saturated heterocycles. The van der Waals surface area contributed by atoms with Gasteiger partial charge in [0.05, 0.1) is 23.3 Å². The van der Waals surface area contributed by atoms with Gasteiger partial charge in [-0.2, -0.15) is 0 Å². The van der Waals surface area contributed by atoms with Crippen molar-refractivity contribution in [2.45, 2.75) is 5.41 Å². The summed E-state index contributed by atoms with van der Waals surface area (Å²) in [5.74, 6) is 0. The molecule has 9 aromatic carbocycles. The van der Waals surface area contributed by atoms with Gasteiger partial charge in [-0.1, -0.05) is 164 Å². The number of fused-ring (bicyclic) bond motifs is 6. The number of anilines is 3. The van der Waals surface area contributed by atoms with Gasteiger partial charge < -0.3 is 9.47 Å². The summed E-state index contributed by atoms with van der Waals surface area (Å²) in [5, 5.41) is 1.99. The molecule has 1 aliphatic rings. The lowest BCUT2D eigenvalue weighted by Crippen LogP contribution is -2.28. The van der Waals surface area contributed by atoms with E-state index >= 15 is 0 Å². The molecule has 0 amide bonds. The maximum absolute atomic E-state index is 9.18. The Morgan fingerprint density at radius 2 is 0.930 bits per heavy atom. The highest BCUT2D eigenvalue weighted by Gasteiger charge is 2.46. The van der Waals surface area contributed by atoms with Crippen molar-refractivity contribution in [3.63, 3.8) is 0 Å². The Morgan fingerprint density at radius 1 is 0.404 bits per heavy atom. The van der Waals surface area contributed by atoms with Crippen LogP contribution in [0.15, 0.2) is 230 Å². The molecular weight excluding hydrogens is 689 g/mol. The largest absolute Gasteiger partial charge is 0.310 e. The number of rotatable bonds is 7. The average molecular weight is 732 g/mol. The predicted molar refractivity (Wildman–Crippen MR) is 238 cm³/mol. The Hall–Kier alpha value is -7.42. The molecule has 0 bridgehead atoms. The second-order valence-electron chi connectivity index (χ2n) is 14.5. The van der Waals surface area contributed by atoms with Crippen molar-refractivity contribution in [1.82, 2.24) is 4.57 Å². The molecule has 1 aliphatic carbocycles. The molecule has 0 spiro atoms. The first-order valence-electron chi connectivity index (χ1n) is 21.8. The third-order valence-electron chi connectivity index (χ3n) is 11.6. The smallest absolute Gasteiger partial charge is 0.0713 e. The van der Waals surface area contributed by atoms with Crippen LogP contribution in [0.1, 0.15) is 29.1 Å². The summed E-state index contributed by atoms with van der Waals surface area (Å²) in [6.07, 6.45) is 0. The Morgan fingerprint density at radius 3 is 1.60 bits per heavy atom. The molecule has 0 fully saturated rings. The topological polar surface area (TPSA) is 8.17 Å². The van der Waals surface area contributed by atoms with Gasteiger partial charge in [0, 0.05) is 33.5 Å². The number of hydrogen-bond acceptors (Lipinski definition) is 1. The van der Waals surface area contributed by atoms with Gasteiger partial charge in [-0.25, -0.2) is 0 Å². The van der Waals surface area contributed by atoms with Crippen molar-refractivity contribution in [3.8, 4) is 27.9 Å². The number of para-hydroxylation sites is 2. The molecule has 2 nitrogen and oxygen atoms in total. The molecular formula is C55H38N2. The standard InChI is InChI=1S/C55H38N2/c1-5-17-39(18-6-1)40-29-32-45(33-30-40)56(43-21-9-3-10-22-43)46-34-36-54-50(38-46)49-37-42(31-35-53(49)57(54)44-23-11-4-12-24-44)55(41-19-7-2-8-20-41)51-27-15-13-25-47(51)48-26-14-16-28-52(48)55/h1-38H/i3D,9D,10D,21D,22D. The molecule has 0 aliphatic heterocycles. The second-order valence-corrected chi connectivity index (χ2v) is 14.5. The van der Waals surface area contributed by atoms with E-state index in [-0.39, 0.29) is 29.9 Å². The van der Waals surface area contributed by atoms with Gasteiger partial charge in [0.25, 0.3) is 0 Å². The zero-order valence-corrected chi connectivity index (χ0v) is 30.9. The van der Waals surface area contributed by atoms with Crippen molar-refractivity contribution >= 4 is 38.9 Å². The van der Waals surface area contributed by atoms with E-state index in [0.29, 0.717) is 11.4 Å². The predicted octanol–water partition coefficient (Wildman–Crippen LogP) is 14.3. The highest BCUT2D eigenvalue weighted by molar-refractivity contribution is 6.11. The molecule has 0 radical (unpaired) electrons. The monoisotopic (exact) mass is 731 g/mol. The van der Waals surface area contributed by atoms with Gasteiger partial charge >= 0.3 is 0 Å². The second kappa shape index (κ2) is 13.4. The number of nitrogens with zero attached hydrogens (tertiary/aromatic N) is 2. The summed E-state index contributed by atoms with van der Waals surface area (Å²) < 4.78 is 46.5. The molecule has 1 aromatic heterocycles. The van der Waals surface area contributed by atoms with Gasteiger partial charge in [-0.15, -0.1) is 0 Å². The summed E-state index contributed by atoms with van der Waals surface area (Å²) in [7, 11) is 0. The van der Waals surface area contributed by atoms with Gasteiger partial charge in [0.15, 0.2) is 0 Å². The van der Waals surface area contributed by atoms with Gasteiger partial charge in [-0.3, -0.25) is 0 Å². The lowest BCUT2D eigenvalue weighted by atomic mass is 9.67. The van der Waals surface area contributed by atoms with Crippen LogP contribution in [0.5, 0.6) is 0 Å². The molecule has 268 valence electrons. The maximum atomic E-state index is 9.18. The Kier molecular flexibility index (Phi) is 6.60. The quantitative estimate of drug-likeness (QED) is 0.158. The fourth-order valence-corrected chi connectivity index (χ4v) is 9.15. The molecule has 0 atom stereocenters. The highest BCUT2D eigenvalue weighted by Crippen LogP contribution is 2.56. The number of benzene rings is 9. The lowest BCUT2D eigenvalue weighted by molar-refractivity contribution is 0.770. The number of aromatic nitrogens is 1. The first-order valence-corrected chi connectivity index (χ1v) is 19.3. The van der Waals surface area contributed by atoms with E-state index < -0.39 is 11.5 Å². The van der Waals surface area contributed by atoms with Crippen molar-refractivity contribution in [3.05, 3.63) is 253 Å². The van der Waals surface area contributed by atoms with Crippen LogP contribution in [0.4, 0.5) is 17.1 Å². The van der Waals surface area contributed by atoms with Crippen LogP contribution >= 0.6 is 0 Å². The molecule has 57 heavy (non-hydrogen) atoms. The minimum Gasteiger partial charge on any atom is -0.310 e. The van der Waals surface area contributed by atoms with Crippen LogP contribution in [0.25, 0.3) is 49.7 Å². The normalized spacial score (nSPS) is 13.9. The van der Waals surface area contributed by atoms with E-state index in [0.717, 1.165) is 44.2 Å². The van der Waals surface area contributed by atoms with Gasteiger partial charge in [-0.05, 0) is 111 Å². The first kappa shape index (κ1) is 28.1. The van der Waals surface area contributed by atoms with E-state index in [2.05, 4.69) is 138 Å². The zero-order valence-electron chi connectivity index (χ0n) is 35.9. The summed E-state index contributed by atoms with van der Waals surface area (Å²) in [5.41, 5.74) is 13.1. The van der Waals surface area contributed by atoms with Crippen LogP contribution in [0.2, 0.25) is 0 Å². The van der Waals surface area contributed by atoms with E-state index in [1.165, 1.54) is 27.8 Å². The zero-order chi connectivity index (χ0) is 42.1. The van der Waals surface area contributed by atoms with E-state index in [9.17, 15) is 2.74 Å². The van der Waals surface area contributed by atoms with Crippen LogP contribution < -0.4 is 4.90 Å². The van der Waals surface area contributed by atoms with Crippen molar-refractivity contribution in [2.24, 2.45) is 0 Å². The minimum atomic E-state index is -0.610. The molecule has 10 aromatic rings. The van der Waals surface area contributed by atoms with Crippen LogP contribution in [0, 0.1) is 0 Å². The first-order chi connectivity index (χ1) is 30.4. The van der Waals surface area contributed by atoms with Crippen molar-refractivity contribution < 1.29 is 6.85 Å². The van der Waals surface area contributed by atoms with Crippen LogP contribution in [0.3, 0.4) is 0 Å². The third-order valence-corrected chi connectivity index (χ3v) is 11.6. The molecule has 0 N–H and O–H groups in total. The fourth-order valence-electron chi connectivity index (χ4n) is 9.15. The summed E-state index contributed by atoms with van der Waals surface area (Å²) in [6.45, 7) is 0. The molecule has 0 saturated carbocycles. The van der Waals surface area contributed by atoms with E-state index in [4.69, 9.17) is 4.11 Å². The summed E-state index contributed by atoms with van der Waals surface area (Å²) in [6, 6.07) is 67.9. The van der Waals surface area contributed by atoms with Crippen molar-refractivity contribution in [1.29, 1.82) is 0 Å². The number of hydrogen-bond donors (Lipinski definition) is 0. The molecule has 2 heteroatoms. The minimum absolute atomic E-state index is 0.0810. The van der Waals surface area contributed by atoms with Gasteiger partial charge in [0.1, 0.15) is 0 Å². The van der Waals surface area contributed by atoms with E-state index in [1.807, 2.05) is 66.7 Å². The van der Waals surface area contributed by atoms with Crippen molar-refractivity contribution in [2.75, 3.05) is 4.90 Å². The van der Waals surface area contributed by atoms with E-state index in [1.54, 1.807) is 4.90 Å². The Balaban J connectivity index is 1.20. The van der Waals surface area contributed by atoms with Crippen LogP contribution in [-0.4, -0.2) is 4.57 Å². The summed E-state index contributed by atoms with van der Waals surface area (Å²) >= 11 is 0. The van der Waals surface area contributed by atoms with Crippen LogP contribution in [-0.2, 0) is 5.41 Å². The summed E-state index contributed by atoms with van der Waals surface area (Å²) in [4.78, 5) is 1.80. The lowest BCUT2D eigenvalue weighted by Gasteiger charge is -2.34.